The van der Waals surface area contributed by atoms with Gasteiger partial charge in [0, 0.05) is 31.1 Å². The van der Waals surface area contributed by atoms with E-state index in [2.05, 4.69) is 17.4 Å². The summed E-state index contributed by atoms with van der Waals surface area (Å²) in [5.74, 6) is 0.235. The van der Waals surface area contributed by atoms with Crippen LogP contribution in [0.2, 0.25) is 0 Å². The minimum Gasteiger partial charge on any atom is -0.343 e. The normalized spacial score (nSPS) is 14.8. The van der Waals surface area contributed by atoms with Gasteiger partial charge in [0.2, 0.25) is 11.8 Å². The first-order valence-corrected chi connectivity index (χ1v) is 9.73. The van der Waals surface area contributed by atoms with Crippen LogP contribution in [0.25, 0.3) is 0 Å². The van der Waals surface area contributed by atoms with E-state index in [0.29, 0.717) is 19.5 Å². The molecule has 0 unspecified atom stereocenters. The van der Waals surface area contributed by atoms with Crippen molar-refractivity contribution >= 4 is 17.5 Å². The number of amides is 2. The molecule has 2 aromatic carbocycles. The van der Waals surface area contributed by atoms with Crippen molar-refractivity contribution in [3.8, 4) is 0 Å². The molecule has 142 valence electrons. The lowest BCUT2D eigenvalue weighted by atomic mass is 9.95. The van der Waals surface area contributed by atoms with Crippen LogP contribution in [-0.4, -0.2) is 29.8 Å². The predicted molar refractivity (Wildman–Crippen MR) is 109 cm³/mol. The molecule has 1 saturated heterocycles. The Balaban J connectivity index is 1.48. The maximum Gasteiger partial charge on any atom is 0.227 e. The number of carbonyl (C=O) groups excluding carboxylic acids is 2. The number of carbonyl (C=O) groups is 2. The smallest absolute Gasteiger partial charge is 0.227 e. The van der Waals surface area contributed by atoms with Crippen LogP contribution in [-0.2, 0) is 16.0 Å². The number of likely N-dealkylation sites (tertiary alicyclic amines) is 1. The summed E-state index contributed by atoms with van der Waals surface area (Å²) < 4.78 is 0. The highest BCUT2D eigenvalue weighted by Crippen LogP contribution is 2.24. The van der Waals surface area contributed by atoms with Crippen molar-refractivity contribution in [3.63, 3.8) is 0 Å². The Morgan fingerprint density at radius 2 is 1.59 bits per heavy atom. The Kier molecular flexibility index (Phi) is 6.28. The van der Waals surface area contributed by atoms with Crippen molar-refractivity contribution in [2.45, 2.75) is 39.5 Å². The summed E-state index contributed by atoms with van der Waals surface area (Å²) in [4.78, 5) is 27.0. The Morgan fingerprint density at radius 1 is 0.963 bits per heavy atom. The van der Waals surface area contributed by atoms with Crippen LogP contribution in [0.5, 0.6) is 0 Å². The number of piperidine rings is 1. The number of hydrogen-bond acceptors (Lipinski definition) is 2. The molecule has 2 aromatic rings. The van der Waals surface area contributed by atoms with E-state index in [0.717, 1.165) is 36.1 Å². The number of benzene rings is 2. The van der Waals surface area contributed by atoms with Crippen LogP contribution in [0, 0.1) is 19.8 Å². The second kappa shape index (κ2) is 8.85. The third-order valence-electron chi connectivity index (χ3n) is 5.42. The van der Waals surface area contributed by atoms with E-state index < -0.39 is 0 Å². The lowest BCUT2D eigenvalue weighted by Crippen LogP contribution is -2.41. The number of hydrogen-bond donors (Lipinski definition) is 1. The molecule has 0 saturated carbocycles. The predicted octanol–water partition coefficient (Wildman–Crippen LogP) is 4.11. The van der Waals surface area contributed by atoms with Crippen molar-refractivity contribution in [2.75, 3.05) is 18.4 Å². The van der Waals surface area contributed by atoms with E-state index >= 15 is 0 Å². The van der Waals surface area contributed by atoms with Gasteiger partial charge in [-0.25, -0.2) is 0 Å². The first kappa shape index (κ1) is 19.2. The topological polar surface area (TPSA) is 49.4 Å². The Morgan fingerprint density at radius 3 is 2.22 bits per heavy atom. The van der Waals surface area contributed by atoms with E-state index in [4.69, 9.17) is 0 Å². The van der Waals surface area contributed by atoms with Gasteiger partial charge in [-0.3, -0.25) is 9.59 Å². The zero-order chi connectivity index (χ0) is 19.2. The Hall–Kier alpha value is -2.62. The van der Waals surface area contributed by atoms with Crippen molar-refractivity contribution in [2.24, 2.45) is 5.92 Å². The average molecular weight is 364 g/mol. The highest BCUT2D eigenvalue weighted by atomic mass is 16.2. The summed E-state index contributed by atoms with van der Waals surface area (Å²) in [5, 5.41) is 3.10. The van der Waals surface area contributed by atoms with Crippen molar-refractivity contribution in [1.82, 2.24) is 4.90 Å². The largest absolute Gasteiger partial charge is 0.343 e. The third kappa shape index (κ3) is 4.97. The zero-order valence-corrected chi connectivity index (χ0v) is 16.2. The summed E-state index contributed by atoms with van der Waals surface area (Å²) in [5.41, 5.74) is 4.27. The number of rotatable bonds is 5. The molecule has 0 radical (unpaired) electrons. The highest BCUT2D eigenvalue weighted by Gasteiger charge is 2.27. The SMILES string of the molecule is Cc1cccc(C)c1NC(=O)C1CCN(C(=O)CCc2ccccc2)CC1. The fraction of sp³-hybridized carbons (Fsp3) is 0.391. The molecule has 1 aliphatic heterocycles. The quantitative estimate of drug-likeness (QED) is 0.868. The first-order valence-electron chi connectivity index (χ1n) is 9.73. The van der Waals surface area contributed by atoms with Gasteiger partial charge in [0.15, 0.2) is 0 Å². The summed E-state index contributed by atoms with van der Waals surface area (Å²) in [6.45, 7) is 5.35. The summed E-state index contributed by atoms with van der Waals surface area (Å²) in [6, 6.07) is 16.1. The van der Waals surface area contributed by atoms with Gasteiger partial charge in [-0.1, -0.05) is 48.5 Å². The van der Waals surface area contributed by atoms with Crippen LogP contribution < -0.4 is 5.32 Å². The van der Waals surface area contributed by atoms with E-state index in [1.54, 1.807) is 0 Å². The number of anilines is 1. The van der Waals surface area contributed by atoms with Crippen LogP contribution in [0.1, 0.15) is 36.0 Å². The molecule has 3 rings (SSSR count). The molecule has 4 nitrogen and oxygen atoms in total. The summed E-state index contributed by atoms with van der Waals surface area (Å²) >= 11 is 0. The van der Waals surface area contributed by atoms with E-state index in [-0.39, 0.29) is 17.7 Å². The lowest BCUT2D eigenvalue weighted by Gasteiger charge is -2.31. The van der Waals surface area contributed by atoms with Gasteiger partial charge >= 0.3 is 0 Å². The molecule has 1 aliphatic rings. The third-order valence-corrected chi connectivity index (χ3v) is 5.42. The van der Waals surface area contributed by atoms with Gasteiger partial charge in [-0.05, 0) is 49.8 Å². The van der Waals surface area contributed by atoms with Crippen LogP contribution in [0.15, 0.2) is 48.5 Å². The van der Waals surface area contributed by atoms with Gasteiger partial charge in [-0.2, -0.15) is 0 Å². The first-order chi connectivity index (χ1) is 13.0. The van der Waals surface area contributed by atoms with Gasteiger partial charge < -0.3 is 10.2 Å². The van der Waals surface area contributed by atoms with Crippen LogP contribution in [0.4, 0.5) is 5.69 Å². The molecular formula is C23H28N2O2. The standard InChI is InChI=1S/C23H28N2O2/c1-17-7-6-8-18(2)22(17)24-23(27)20-13-15-25(16-14-20)21(26)12-11-19-9-4-3-5-10-19/h3-10,20H,11-16H2,1-2H3,(H,24,27). The van der Waals surface area contributed by atoms with Crippen molar-refractivity contribution in [1.29, 1.82) is 0 Å². The number of nitrogens with zero attached hydrogens (tertiary/aromatic N) is 1. The molecule has 0 aromatic heterocycles. The number of nitrogens with one attached hydrogen (secondary N) is 1. The average Bonchev–Trinajstić information content (AvgIpc) is 2.70. The van der Waals surface area contributed by atoms with E-state index in [1.807, 2.05) is 55.1 Å². The van der Waals surface area contributed by atoms with Crippen LogP contribution in [0.3, 0.4) is 0 Å². The molecular weight excluding hydrogens is 336 g/mol. The van der Waals surface area contributed by atoms with E-state index in [1.165, 1.54) is 5.56 Å². The monoisotopic (exact) mass is 364 g/mol. The maximum absolute atomic E-state index is 12.6. The molecule has 1 N–H and O–H groups in total. The second-order valence-corrected chi connectivity index (χ2v) is 7.40. The Labute approximate surface area is 161 Å². The van der Waals surface area contributed by atoms with Crippen molar-refractivity contribution < 1.29 is 9.59 Å². The summed E-state index contributed by atoms with van der Waals surface area (Å²) in [7, 11) is 0. The fourth-order valence-electron chi connectivity index (χ4n) is 3.68. The van der Waals surface area contributed by atoms with Gasteiger partial charge in [0.25, 0.3) is 0 Å². The molecule has 1 heterocycles. The van der Waals surface area contributed by atoms with Crippen molar-refractivity contribution in [3.05, 3.63) is 65.2 Å². The maximum atomic E-state index is 12.6. The highest BCUT2D eigenvalue weighted by molar-refractivity contribution is 5.94. The molecule has 0 spiro atoms. The Bertz CT molecular complexity index is 773. The molecule has 27 heavy (non-hydrogen) atoms. The van der Waals surface area contributed by atoms with E-state index in [9.17, 15) is 9.59 Å². The second-order valence-electron chi connectivity index (χ2n) is 7.40. The fourth-order valence-corrected chi connectivity index (χ4v) is 3.68. The molecule has 1 fully saturated rings. The molecule has 0 atom stereocenters. The minimum atomic E-state index is -0.0258. The lowest BCUT2D eigenvalue weighted by molar-refractivity contribution is -0.134. The number of para-hydroxylation sites is 1. The number of aryl methyl sites for hydroxylation is 3. The summed E-state index contributed by atoms with van der Waals surface area (Å²) in [6.07, 6.45) is 2.76. The van der Waals surface area contributed by atoms with Crippen LogP contribution >= 0.6 is 0 Å². The van der Waals surface area contributed by atoms with Gasteiger partial charge in [0.05, 0.1) is 0 Å². The van der Waals surface area contributed by atoms with Gasteiger partial charge in [-0.15, -0.1) is 0 Å². The molecule has 0 aliphatic carbocycles. The minimum absolute atomic E-state index is 0.0258. The molecule has 4 heteroatoms. The molecule has 0 bridgehead atoms. The molecule has 2 amide bonds. The van der Waals surface area contributed by atoms with Gasteiger partial charge in [0.1, 0.15) is 0 Å². The zero-order valence-electron chi connectivity index (χ0n) is 16.2.